The van der Waals surface area contributed by atoms with E-state index in [-0.39, 0.29) is 11.9 Å². The van der Waals surface area contributed by atoms with Gasteiger partial charge in [-0.05, 0) is 26.0 Å². The number of fused-ring (bicyclic) bond motifs is 1. The maximum atomic E-state index is 13.1. The Labute approximate surface area is 118 Å². The molecule has 0 aliphatic heterocycles. The molecule has 1 N–H and O–H groups in total. The SMILES string of the molecule is Cc1csc(C(C)Nc2nc3cc(F)ccc3s2)n1. The number of thiazole rings is 2. The summed E-state index contributed by atoms with van der Waals surface area (Å²) >= 11 is 3.15. The van der Waals surface area contributed by atoms with Crippen LogP contribution in [0, 0.1) is 12.7 Å². The van der Waals surface area contributed by atoms with E-state index in [0.29, 0.717) is 5.52 Å². The Kier molecular flexibility index (Phi) is 3.20. The first-order valence-electron chi connectivity index (χ1n) is 5.86. The van der Waals surface area contributed by atoms with Crippen molar-refractivity contribution in [3.63, 3.8) is 0 Å². The summed E-state index contributed by atoms with van der Waals surface area (Å²) in [5.74, 6) is -0.257. The van der Waals surface area contributed by atoms with Gasteiger partial charge in [0.2, 0.25) is 0 Å². The highest BCUT2D eigenvalue weighted by atomic mass is 32.1. The smallest absolute Gasteiger partial charge is 0.184 e. The summed E-state index contributed by atoms with van der Waals surface area (Å²) < 4.78 is 14.1. The van der Waals surface area contributed by atoms with Gasteiger partial charge in [-0.1, -0.05) is 11.3 Å². The summed E-state index contributed by atoms with van der Waals surface area (Å²) in [4.78, 5) is 8.84. The summed E-state index contributed by atoms with van der Waals surface area (Å²) in [6.45, 7) is 4.03. The van der Waals surface area contributed by atoms with Crippen LogP contribution in [-0.4, -0.2) is 9.97 Å². The van der Waals surface area contributed by atoms with Crippen LogP contribution >= 0.6 is 22.7 Å². The lowest BCUT2D eigenvalue weighted by molar-refractivity contribution is 0.629. The molecule has 1 atom stereocenters. The van der Waals surface area contributed by atoms with Gasteiger partial charge >= 0.3 is 0 Å². The first-order valence-corrected chi connectivity index (χ1v) is 7.56. The maximum Gasteiger partial charge on any atom is 0.184 e. The van der Waals surface area contributed by atoms with Crippen molar-refractivity contribution in [2.45, 2.75) is 19.9 Å². The minimum atomic E-state index is -0.257. The Balaban J connectivity index is 1.85. The van der Waals surface area contributed by atoms with E-state index in [4.69, 9.17) is 0 Å². The van der Waals surface area contributed by atoms with Crippen LogP contribution in [0.5, 0.6) is 0 Å². The van der Waals surface area contributed by atoms with Crippen molar-refractivity contribution < 1.29 is 4.39 Å². The molecule has 0 aliphatic carbocycles. The molecule has 2 heterocycles. The van der Waals surface area contributed by atoms with Crippen LogP contribution in [0.3, 0.4) is 0 Å². The van der Waals surface area contributed by atoms with E-state index in [1.165, 1.54) is 23.5 Å². The van der Waals surface area contributed by atoms with Crippen molar-refractivity contribution in [3.8, 4) is 0 Å². The fourth-order valence-electron chi connectivity index (χ4n) is 1.78. The minimum absolute atomic E-state index is 0.101. The molecule has 0 fully saturated rings. The zero-order valence-electron chi connectivity index (χ0n) is 10.5. The molecule has 19 heavy (non-hydrogen) atoms. The van der Waals surface area contributed by atoms with Gasteiger partial charge in [0.15, 0.2) is 5.13 Å². The number of aromatic nitrogens is 2. The molecule has 0 spiro atoms. The van der Waals surface area contributed by atoms with Crippen molar-refractivity contribution in [1.82, 2.24) is 9.97 Å². The Morgan fingerprint density at radius 3 is 2.89 bits per heavy atom. The molecular formula is C13H12FN3S2. The molecule has 0 aliphatic rings. The molecule has 3 rings (SSSR count). The molecule has 2 aromatic heterocycles. The molecule has 0 saturated heterocycles. The first-order chi connectivity index (χ1) is 9.11. The quantitative estimate of drug-likeness (QED) is 0.779. The summed E-state index contributed by atoms with van der Waals surface area (Å²) in [6.07, 6.45) is 0. The normalized spacial score (nSPS) is 12.8. The second kappa shape index (κ2) is 4.86. The van der Waals surface area contributed by atoms with Gasteiger partial charge < -0.3 is 5.32 Å². The van der Waals surface area contributed by atoms with Gasteiger partial charge in [0.1, 0.15) is 10.8 Å². The lowest BCUT2D eigenvalue weighted by Crippen LogP contribution is -2.05. The monoisotopic (exact) mass is 293 g/mol. The average Bonchev–Trinajstić information content (AvgIpc) is 2.94. The predicted octanol–water partition coefficient (Wildman–Crippen LogP) is 4.37. The van der Waals surface area contributed by atoms with Crippen molar-refractivity contribution in [1.29, 1.82) is 0 Å². The van der Waals surface area contributed by atoms with Crippen molar-refractivity contribution in [2.24, 2.45) is 0 Å². The summed E-state index contributed by atoms with van der Waals surface area (Å²) in [5, 5.41) is 7.17. The third kappa shape index (κ3) is 2.59. The number of nitrogens with zero attached hydrogens (tertiary/aromatic N) is 2. The Morgan fingerprint density at radius 2 is 2.16 bits per heavy atom. The highest BCUT2D eigenvalue weighted by Crippen LogP contribution is 2.29. The molecule has 1 unspecified atom stereocenters. The lowest BCUT2D eigenvalue weighted by Gasteiger charge is -2.08. The van der Waals surface area contributed by atoms with Crippen LogP contribution in [0.15, 0.2) is 23.6 Å². The van der Waals surface area contributed by atoms with Crippen LogP contribution in [-0.2, 0) is 0 Å². The van der Waals surface area contributed by atoms with Crippen LogP contribution in [0.2, 0.25) is 0 Å². The zero-order valence-corrected chi connectivity index (χ0v) is 12.1. The van der Waals surface area contributed by atoms with Gasteiger partial charge in [0, 0.05) is 17.1 Å². The molecule has 3 aromatic rings. The number of halogens is 1. The van der Waals surface area contributed by atoms with Crippen molar-refractivity contribution >= 4 is 38.0 Å². The summed E-state index contributed by atoms with van der Waals surface area (Å²) in [5.41, 5.74) is 1.72. The number of aryl methyl sites for hydroxylation is 1. The highest BCUT2D eigenvalue weighted by Gasteiger charge is 2.12. The van der Waals surface area contributed by atoms with Crippen LogP contribution in [0.4, 0.5) is 9.52 Å². The van der Waals surface area contributed by atoms with Crippen molar-refractivity contribution in [2.75, 3.05) is 5.32 Å². The number of nitrogens with one attached hydrogen (secondary N) is 1. The fourth-order valence-corrected chi connectivity index (χ4v) is 3.52. The van der Waals surface area contributed by atoms with Gasteiger partial charge in [-0.15, -0.1) is 11.3 Å². The number of rotatable bonds is 3. The largest absolute Gasteiger partial charge is 0.353 e. The lowest BCUT2D eigenvalue weighted by atomic mass is 10.3. The Morgan fingerprint density at radius 1 is 1.32 bits per heavy atom. The first kappa shape index (κ1) is 12.5. The average molecular weight is 293 g/mol. The number of benzene rings is 1. The topological polar surface area (TPSA) is 37.8 Å². The second-order valence-electron chi connectivity index (χ2n) is 4.32. The second-order valence-corrected chi connectivity index (χ2v) is 6.24. The summed E-state index contributed by atoms with van der Waals surface area (Å²) in [7, 11) is 0. The van der Waals surface area contributed by atoms with Crippen LogP contribution in [0.25, 0.3) is 10.2 Å². The van der Waals surface area contributed by atoms with E-state index >= 15 is 0 Å². The molecule has 0 saturated carbocycles. The molecule has 0 amide bonds. The number of hydrogen-bond donors (Lipinski definition) is 1. The van der Waals surface area contributed by atoms with Gasteiger partial charge in [-0.2, -0.15) is 0 Å². The summed E-state index contributed by atoms with van der Waals surface area (Å²) in [6, 6.07) is 4.77. The predicted molar refractivity (Wildman–Crippen MR) is 78.5 cm³/mol. The van der Waals surface area contributed by atoms with Crippen molar-refractivity contribution in [3.05, 3.63) is 40.1 Å². The number of hydrogen-bond acceptors (Lipinski definition) is 5. The van der Waals surface area contributed by atoms with E-state index in [1.807, 2.05) is 19.2 Å². The van der Waals surface area contributed by atoms with E-state index < -0.39 is 0 Å². The van der Waals surface area contributed by atoms with E-state index in [1.54, 1.807) is 17.4 Å². The van der Waals surface area contributed by atoms with E-state index in [2.05, 4.69) is 15.3 Å². The van der Waals surface area contributed by atoms with Gasteiger partial charge in [-0.25, -0.2) is 14.4 Å². The molecule has 98 valence electrons. The molecule has 0 bridgehead atoms. The van der Waals surface area contributed by atoms with Crippen LogP contribution in [0.1, 0.15) is 23.7 Å². The van der Waals surface area contributed by atoms with Gasteiger partial charge in [-0.3, -0.25) is 0 Å². The third-order valence-electron chi connectivity index (χ3n) is 2.70. The molecule has 6 heteroatoms. The zero-order chi connectivity index (χ0) is 13.4. The van der Waals surface area contributed by atoms with Gasteiger partial charge in [0.25, 0.3) is 0 Å². The van der Waals surface area contributed by atoms with Gasteiger partial charge in [0.05, 0.1) is 16.3 Å². The van der Waals surface area contributed by atoms with E-state index in [9.17, 15) is 4.39 Å². The molecule has 0 radical (unpaired) electrons. The molecule has 3 nitrogen and oxygen atoms in total. The molecule has 1 aromatic carbocycles. The van der Waals surface area contributed by atoms with Crippen LogP contribution < -0.4 is 5.32 Å². The maximum absolute atomic E-state index is 13.1. The number of anilines is 1. The van der Waals surface area contributed by atoms with E-state index in [0.717, 1.165) is 20.5 Å². The standard InChI is InChI=1S/C13H12FN3S2/c1-7-6-18-12(15-7)8(2)16-13-17-10-5-9(14)3-4-11(10)19-13/h3-6,8H,1-2H3,(H,16,17). The fraction of sp³-hybridized carbons (Fsp3) is 0.231. The highest BCUT2D eigenvalue weighted by molar-refractivity contribution is 7.22. The minimum Gasteiger partial charge on any atom is -0.353 e. The Hall–Kier alpha value is -1.53. The molecular weight excluding hydrogens is 281 g/mol. The third-order valence-corrected chi connectivity index (χ3v) is 4.81. The Bertz CT molecular complexity index is 720.